The summed E-state index contributed by atoms with van der Waals surface area (Å²) in [6, 6.07) is 68.4. The molecule has 0 atom stereocenters. The molecule has 2 heteroatoms. The summed E-state index contributed by atoms with van der Waals surface area (Å²) in [7, 11) is -0.694. The number of fused-ring (bicyclic) bond motifs is 8. The SMILES string of the molecule is C=P(c1ccccc1)(c1ccccc1)c1cc2c(c3ccccc13)-c1cc3c(cc1C2(C)C)-c1ccc(P(c2ccccc2)c2ccccc2)cc1C3(C)C. The number of benzene rings is 8. The van der Waals surface area contributed by atoms with Gasteiger partial charge in [0.05, 0.1) is 0 Å². The van der Waals surface area contributed by atoms with Gasteiger partial charge in [-0.2, -0.15) is 0 Å². The summed E-state index contributed by atoms with van der Waals surface area (Å²) in [5.41, 5.74) is 10.8. The highest BCUT2D eigenvalue weighted by molar-refractivity contribution is 7.93. The summed E-state index contributed by atoms with van der Waals surface area (Å²) >= 11 is 0. The van der Waals surface area contributed by atoms with Crippen molar-refractivity contribution in [1.82, 2.24) is 0 Å². The van der Waals surface area contributed by atoms with E-state index in [2.05, 4.69) is 210 Å². The average molecular weight is 743 g/mol. The van der Waals surface area contributed by atoms with Crippen molar-refractivity contribution in [2.45, 2.75) is 38.5 Å². The molecule has 10 rings (SSSR count). The van der Waals surface area contributed by atoms with Gasteiger partial charge in [-0.05, 0) is 126 Å². The standard InChI is InChI=1S/C53H44P2/c1-52(2)46-32-38(54(36-20-10-6-11-21-36)37-22-12-7-13-23-37)30-31-41(46)44-33-48-45(34-47(44)52)51-43-29-19-18-28-42(43)50(35-49(51)53(48,3)4)55(5,39-24-14-8-15-25-39)40-26-16-9-17-27-40/h6-35H,5H2,1-4H3. The van der Waals surface area contributed by atoms with Crippen LogP contribution in [0.15, 0.2) is 182 Å². The molecule has 0 fully saturated rings. The van der Waals surface area contributed by atoms with Gasteiger partial charge >= 0.3 is 0 Å². The molecule has 0 heterocycles. The quantitative estimate of drug-likeness (QED) is 0.149. The second-order valence-corrected chi connectivity index (χ2v) is 21.6. The van der Waals surface area contributed by atoms with Gasteiger partial charge < -0.3 is 0 Å². The number of hydrogen-bond donors (Lipinski definition) is 0. The van der Waals surface area contributed by atoms with Gasteiger partial charge in [-0.15, -0.1) is 0 Å². The van der Waals surface area contributed by atoms with Crippen LogP contribution in [0.2, 0.25) is 0 Å². The molecule has 0 N–H and O–H groups in total. The summed E-state index contributed by atoms with van der Waals surface area (Å²) in [5, 5.41) is 10.8. The molecule has 0 radical (unpaired) electrons. The second-order valence-electron chi connectivity index (χ2n) is 16.3. The van der Waals surface area contributed by atoms with E-state index in [1.165, 1.54) is 87.1 Å². The summed E-state index contributed by atoms with van der Waals surface area (Å²) in [6.07, 6.45) is 5.22. The zero-order valence-corrected chi connectivity index (χ0v) is 33.7. The van der Waals surface area contributed by atoms with Gasteiger partial charge in [0.15, 0.2) is 0 Å². The zero-order valence-electron chi connectivity index (χ0n) is 31.9. The monoisotopic (exact) mass is 742 g/mol. The first kappa shape index (κ1) is 34.3. The lowest BCUT2D eigenvalue weighted by atomic mass is 9.79. The molecule has 55 heavy (non-hydrogen) atoms. The van der Waals surface area contributed by atoms with Crippen LogP contribution in [0.25, 0.3) is 33.0 Å². The molecule has 2 aliphatic rings. The Bertz CT molecular complexity index is 2730. The van der Waals surface area contributed by atoms with Gasteiger partial charge in [0.25, 0.3) is 0 Å². The molecule has 0 saturated heterocycles. The molecule has 0 aliphatic heterocycles. The van der Waals surface area contributed by atoms with Crippen LogP contribution in [0.3, 0.4) is 0 Å². The Labute approximate surface area is 327 Å². The third-order valence-electron chi connectivity index (χ3n) is 12.5. The molecule has 0 bridgehead atoms. The molecule has 2 aliphatic carbocycles. The topological polar surface area (TPSA) is 0 Å². The first-order valence-electron chi connectivity index (χ1n) is 19.3. The summed E-state index contributed by atoms with van der Waals surface area (Å²) in [6.45, 7) is 7.51. The molecule has 0 aromatic heterocycles. The lowest BCUT2D eigenvalue weighted by molar-refractivity contribution is 0.652. The summed E-state index contributed by atoms with van der Waals surface area (Å²) < 4.78 is 0. The maximum Gasteiger partial charge on any atom is 0.0159 e. The average Bonchev–Trinajstić information content (AvgIpc) is 3.59. The zero-order chi connectivity index (χ0) is 37.5. The van der Waals surface area contributed by atoms with Crippen molar-refractivity contribution in [2.24, 2.45) is 0 Å². The molecule has 266 valence electrons. The fourth-order valence-corrected chi connectivity index (χ4v) is 15.1. The van der Waals surface area contributed by atoms with Crippen LogP contribution < -0.4 is 31.8 Å². The summed E-state index contributed by atoms with van der Waals surface area (Å²) in [5.74, 6) is 0. The van der Waals surface area contributed by atoms with E-state index in [4.69, 9.17) is 6.30 Å². The Morgan fingerprint density at radius 1 is 0.400 bits per heavy atom. The Morgan fingerprint density at radius 3 is 1.44 bits per heavy atom. The fourth-order valence-electron chi connectivity index (χ4n) is 9.63. The second kappa shape index (κ2) is 12.6. The molecule has 0 amide bonds. The van der Waals surface area contributed by atoms with E-state index >= 15 is 0 Å². The highest BCUT2D eigenvalue weighted by Crippen LogP contribution is 2.58. The molecule has 0 unspecified atom stereocenters. The fraction of sp³-hybridized carbons (Fsp3) is 0.113. The molecule has 0 saturated carbocycles. The van der Waals surface area contributed by atoms with Crippen LogP contribution in [0.5, 0.6) is 0 Å². The van der Waals surface area contributed by atoms with Crippen molar-refractivity contribution in [1.29, 1.82) is 0 Å². The van der Waals surface area contributed by atoms with Crippen LogP contribution in [-0.4, -0.2) is 6.30 Å². The van der Waals surface area contributed by atoms with E-state index in [9.17, 15) is 0 Å². The molecule has 0 nitrogen and oxygen atoms in total. The van der Waals surface area contributed by atoms with Crippen LogP contribution in [0.4, 0.5) is 0 Å². The molecular weight excluding hydrogens is 699 g/mol. The van der Waals surface area contributed by atoms with Gasteiger partial charge in [-0.25, -0.2) is 0 Å². The molecule has 8 aromatic rings. The Balaban J connectivity index is 1.17. The molecule has 0 spiro atoms. The van der Waals surface area contributed by atoms with E-state index in [0.29, 0.717) is 0 Å². The van der Waals surface area contributed by atoms with Crippen molar-refractivity contribution in [3.05, 3.63) is 204 Å². The Hall–Kier alpha value is -5.25. The largest absolute Gasteiger partial charge is 0.0887 e. The van der Waals surface area contributed by atoms with Crippen LogP contribution in [0.1, 0.15) is 49.9 Å². The predicted octanol–water partition coefficient (Wildman–Crippen LogP) is 10.9. The minimum atomic E-state index is -2.24. The maximum atomic E-state index is 5.22. The highest BCUT2D eigenvalue weighted by Gasteiger charge is 2.43. The lowest BCUT2D eigenvalue weighted by Gasteiger charge is -2.30. The van der Waals surface area contributed by atoms with Crippen LogP contribution in [-0.2, 0) is 10.8 Å². The van der Waals surface area contributed by atoms with Crippen molar-refractivity contribution in [2.75, 3.05) is 0 Å². The van der Waals surface area contributed by atoms with Gasteiger partial charge in [0.1, 0.15) is 0 Å². The van der Waals surface area contributed by atoms with E-state index < -0.39 is 14.8 Å². The van der Waals surface area contributed by atoms with Gasteiger partial charge in [0, 0.05) is 10.8 Å². The van der Waals surface area contributed by atoms with Crippen molar-refractivity contribution >= 4 is 63.7 Å². The van der Waals surface area contributed by atoms with E-state index in [1.54, 1.807) is 0 Å². The van der Waals surface area contributed by atoms with Gasteiger partial charge in [-0.3, -0.25) is 0 Å². The Kier molecular flexibility index (Phi) is 7.88. The molecular formula is C53H44P2. The van der Waals surface area contributed by atoms with Gasteiger partial charge in [-0.1, -0.05) is 192 Å². The first-order valence-corrected chi connectivity index (χ1v) is 22.7. The van der Waals surface area contributed by atoms with E-state index in [-0.39, 0.29) is 10.8 Å². The predicted molar refractivity (Wildman–Crippen MR) is 244 cm³/mol. The van der Waals surface area contributed by atoms with E-state index in [0.717, 1.165) is 0 Å². The number of rotatable bonds is 6. The smallest absolute Gasteiger partial charge is 0.0159 e. The van der Waals surface area contributed by atoms with Crippen molar-refractivity contribution in [3.8, 4) is 22.3 Å². The first-order chi connectivity index (χ1) is 26.7. The van der Waals surface area contributed by atoms with Crippen molar-refractivity contribution < 1.29 is 0 Å². The van der Waals surface area contributed by atoms with Crippen LogP contribution >= 0.6 is 14.8 Å². The Morgan fingerprint density at radius 2 is 0.855 bits per heavy atom. The third kappa shape index (κ3) is 5.09. The summed E-state index contributed by atoms with van der Waals surface area (Å²) in [4.78, 5) is 0. The normalized spacial score (nSPS) is 14.7. The van der Waals surface area contributed by atoms with Crippen molar-refractivity contribution in [3.63, 3.8) is 0 Å². The minimum Gasteiger partial charge on any atom is -0.0887 e. The van der Waals surface area contributed by atoms with Crippen LogP contribution in [0, 0.1) is 0 Å². The third-order valence-corrected chi connectivity index (χ3v) is 18.5. The maximum absolute atomic E-state index is 5.22. The number of hydrogen-bond acceptors (Lipinski definition) is 0. The highest BCUT2D eigenvalue weighted by atomic mass is 31.2. The molecule has 8 aromatic carbocycles. The minimum absolute atomic E-state index is 0.151. The van der Waals surface area contributed by atoms with E-state index in [1.807, 2.05) is 0 Å². The lowest BCUT2D eigenvalue weighted by Crippen LogP contribution is -2.27. The van der Waals surface area contributed by atoms with Gasteiger partial charge in [0.2, 0.25) is 0 Å².